The SMILES string of the molecule is CC(C)c1cc(C(F)(F)F)cc2c1ccn2C. The van der Waals surface area contributed by atoms with Crippen molar-refractivity contribution in [3.8, 4) is 0 Å². The van der Waals surface area contributed by atoms with Crippen LogP contribution in [0.4, 0.5) is 13.2 Å². The van der Waals surface area contributed by atoms with Gasteiger partial charge in [0.25, 0.3) is 0 Å². The number of halogens is 3. The molecule has 1 nitrogen and oxygen atoms in total. The van der Waals surface area contributed by atoms with Crippen molar-refractivity contribution < 1.29 is 13.2 Å². The molecular formula is C13H14F3N. The van der Waals surface area contributed by atoms with Gasteiger partial charge in [-0.05, 0) is 29.7 Å². The van der Waals surface area contributed by atoms with E-state index in [4.69, 9.17) is 0 Å². The first kappa shape index (κ1) is 12.0. The second-order valence-electron chi connectivity index (χ2n) is 4.58. The molecule has 0 saturated heterocycles. The molecule has 0 radical (unpaired) electrons. The van der Waals surface area contributed by atoms with Gasteiger partial charge in [-0.2, -0.15) is 13.2 Å². The normalized spacial score (nSPS) is 12.6. The molecule has 4 heteroatoms. The second-order valence-corrected chi connectivity index (χ2v) is 4.58. The second kappa shape index (κ2) is 3.79. The van der Waals surface area contributed by atoms with E-state index in [2.05, 4.69) is 0 Å². The average molecular weight is 241 g/mol. The summed E-state index contributed by atoms with van der Waals surface area (Å²) in [7, 11) is 1.76. The third-order valence-corrected chi connectivity index (χ3v) is 2.98. The van der Waals surface area contributed by atoms with Crippen LogP contribution in [-0.4, -0.2) is 4.57 Å². The molecule has 0 amide bonds. The molecule has 92 valence electrons. The predicted octanol–water partition coefficient (Wildman–Crippen LogP) is 4.32. The number of nitrogens with zero attached hydrogens (tertiary/aromatic N) is 1. The topological polar surface area (TPSA) is 4.93 Å². The molecular weight excluding hydrogens is 227 g/mol. The fraction of sp³-hybridized carbons (Fsp3) is 0.385. The van der Waals surface area contributed by atoms with Crippen molar-refractivity contribution in [2.75, 3.05) is 0 Å². The quantitative estimate of drug-likeness (QED) is 0.700. The summed E-state index contributed by atoms with van der Waals surface area (Å²) < 4.78 is 40.1. The van der Waals surface area contributed by atoms with Gasteiger partial charge in [0.2, 0.25) is 0 Å². The predicted molar refractivity (Wildman–Crippen MR) is 62.0 cm³/mol. The Balaban J connectivity index is 2.78. The smallest absolute Gasteiger partial charge is 0.351 e. The van der Waals surface area contributed by atoms with E-state index in [1.807, 2.05) is 19.9 Å². The van der Waals surface area contributed by atoms with Crippen molar-refractivity contribution in [2.24, 2.45) is 7.05 Å². The average Bonchev–Trinajstić information content (AvgIpc) is 2.58. The van der Waals surface area contributed by atoms with Crippen LogP contribution in [0.3, 0.4) is 0 Å². The zero-order valence-electron chi connectivity index (χ0n) is 9.97. The van der Waals surface area contributed by atoms with Crippen molar-refractivity contribution in [1.82, 2.24) is 4.57 Å². The van der Waals surface area contributed by atoms with Crippen molar-refractivity contribution in [2.45, 2.75) is 25.9 Å². The Hall–Kier alpha value is -1.45. The Morgan fingerprint density at radius 2 is 1.82 bits per heavy atom. The van der Waals surface area contributed by atoms with Gasteiger partial charge in [-0.1, -0.05) is 13.8 Å². The van der Waals surface area contributed by atoms with Gasteiger partial charge in [-0.15, -0.1) is 0 Å². The van der Waals surface area contributed by atoms with Crippen LogP contribution in [0.25, 0.3) is 10.9 Å². The van der Waals surface area contributed by atoms with Gasteiger partial charge in [0.15, 0.2) is 0 Å². The maximum absolute atomic E-state index is 12.8. The number of fused-ring (bicyclic) bond motifs is 1. The summed E-state index contributed by atoms with van der Waals surface area (Å²) in [5.74, 6) is 0.0715. The molecule has 0 aliphatic heterocycles. The van der Waals surface area contributed by atoms with Crippen LogP contribution in [0.1, 0.15) is 30.9 Å². The number of aryl methyl sites for hydroxylation is 1. The van der Waals surface area contributed by atoms with Gasteiger partial charge in [0.1, 0.15) is 0 Å². The fourth-order valence-corrected chi connectivity index (χ4v) is 2.04. The third kappa shape index (κ3) is 2.04. The van der Waals surface area contributed by atoms with E-state index in [0.29, 0.717) is 5.52 Å². The summed E-state index contributed by atoms with van der Waals surface area (Å²) in [6, 6.07) is 4.33. The van der Waals surface area contributed by atoms with Gasteiger partial charge in [-0.25, -0.2) is 0 Å². The number of alkyl halides is 3. The molecule has 1 heterocycles. The minimum Gasteiger partial charge on any atom is -0.351 e. The highest BCUT2D eigenvalue weighted by Gasteiger charge is 2.31. The Morgan fingerprint density at radius 1 is 1.18 bits per heavy atom. The highest BCUT2D eigenvalue weighted by molar-refractivity contribution is 5.85. The van der Waals surface area contributed by atoms with E-state index >= 15 is 0 Å². The fourth-order valence-electron chi connectivity index (χ4n) is 2.04. The Bertz CT molecular complexity index is 550. The largest absolute Gasteiger partial charge is 0.416 e. The zero-order valence-corrected chi connectivity index (χ0v) is 9.97. The Kier molecular flexibility index (Phi) is 2.68. The molecule has 2 aromatic rings. The van der Waals surface area contributed by atoms with Gasteiger partial charge < -0.3 is 4.57 Å². The van der Waals surface area contributed by atoms with Crippen LogP contribution in [0.15, 0.2) is 24.4 Å². The standard InChI is InChI=1S/C13H14F3N/c1-8(2)11-6-9(13(14,15)16)7-12-10(11)4-5-17(12)3/h4-8H,1-3H3. The summed E-state index contributed by atoms with van der Waals surface area (Å²) >= 11 is 0. The molecule has 0 bridgehead atoms. The first-order chi connectivity index (χ1) is 7.80. The van der Waals surface area contributed by atoms with E-state index in [9.17, 15) is 13.2 Å². The lowest BCUT2D eigenvalue weighted by Gasteiger charge is -2.13. The maximum Gasteiger partial charge on any atom is 0.416 e. The lowest BCUT2D eigenvalue weighted by atomic mass is 9.96. The summed E-state index contributed by atoms with van der Waals surface area (Å²) in [6.45, 7) is 3.81. The number of benzene rings is 1. The highest BCUT2D eigenvalue weighted by Crippen LogP contribution is 2.35. The Labute approximate surface area is 97.9 Å². The van der Waals surface area contributed by atoms with E-state index in [0.717, 1.165) is 10.9 Å². The van der Waals surface area contributed by atoms with Crippen molar-refractivity contribution >= 4 is 10.9 Å². The van der Waals surface area contributed by atoms with Gasteiger partial charge >= 0.3 is 6.18 Å². The minimum absolute atomic E-state index is 0.0715. The molecule has 1 aromatic heterocycles. The van der Waals surface area contributed by atoms with E-state index in [-0.39, 0.29) is 5.92 Å². The molecule has 17 heavy (non-hydrogen) atoms. The van der Waals surface area contributed by atoms with Gasteiger partial charge in [0, 0.05) is 24.1 Å². The first-order valence-corrected chi connectivity index (χ1v) is 5.47. The summed E-state index contributed by atoms with van der Waals surface area (Å²) in [5, 5.41) is 0.899. The Morgan fingerprint density at radius 3 is 2.35 bits per heavy atom. The van der Waals surface area contributed by atoms with Crippen molar-refractivity contribution in [3.63, 3.8) is 0 Å². The molecule has 2 rings (SSSR count). The van der Waals surface area contributed by atoms with E-state index in [1.54, 1.807) is 17.8 Å². The summed E-state index contributed by atoms with van der Waals surface area (Å²) in [4.78, 5) is 0. The zero-order chi connectivity index (χ0) is 12.8. The summed E-state index contributed by atoms with van der Waals surface area (Å²) in [6.07, 6.45) is -2.50. The number of hydrogen-bond acceptors (Lipinski definition) is 0. The van der Waals surface area contributed by atoms with Crippen LogP contribution in [0.5, 0.6) is 0 Å². The van der Waals surface area contributed by atoms with E-state index < -0.39 is 11.7 Å². The monoisotopic (exact) mass is 241 g/mol. The number of rotatable bonds is 1. The first-order valence-electron chi connectivity index (χ1n) is 5.47. The van der Waals surface area contributed by atoms with Crippen LogP contribution in [-0.2, 0) is 13.2 Å². The lowest BCUT2D eigenvalue weighted by Crippen LogP contribution is -2.06. The minimum atomic E-state index is -4.29. The molecule has 0 atom stereocenters. The summed E-state index contributed by atoms with van der Waals surface area (Å²) in [5.41, 5.74) is 0.800. The molecule has 0 unspecified atom stereocenters. The van der Waals surface area contributed by atoms with Gasteiger partial charge in [0.05, 0.1) is 5.56 Å². The van der Waals surface area contributed by atoms with Gasteiger partial charge in [-0.3, -0.25) is 0 Å². The number of aromatic nitrogens is 1. The lowest BCUT2D eigenvalue weighted by molar-refractivity contribution is -0.137. The molecule has 1 aromatic carbocycles. The van der Waals surface area contributed by atoms with E-state index in [1.165, 1.54) is 12.1 Å². The maximum atomic E-state index is 12.8. The van der Waals surface area contributed by atoms with Crippen LogP contribution < -0.4 is 0 Å². The molecule has 0 aliphatic carbocycles. The number of hydrogen-bond donors (Lipinski definition) is 0. The third-order valence-electron chi connectivity index (χ3n) is 2.98. The molecule has 0 saturated carbocycles. The van der Waals surface area contributed by atoms with Crippen LogP contribution in [0.2, 0.25) is 0 Å². The molecule has 0 aliphatic rings. The van der Waals surface area contributed by atoms with Crippen molar-refractivity contribution in [1.29, 1.82) is 0 Å². The van der Waals surface area contributed by atoms with Crippen molar-refractivity contribution in [3.05, 3.63) is 35.5 Å². The van der Waals surface area contributed by atoms with Crippen LogP contribution in [0, 0.1) is 0 Å². The molecule has 0 spiro atoms. The molecule has 0 fully saturated rings. The van der Waals surface area contributed by atoms with Crippen LogP contribution >= 0.6 is 0 Å². The highest BCUT2D eigenvalue weighted by atomic mass is 19.4. The molecule has 0 N–H and O–H groups in total.